The zero-order chi connectivity index (χ0) is 21.1. The van der Waals surface area contributed by atoms with Crippen molar-refractivity contribution in [2.75, 3.05) is 32.1 Å². The van der Waals surface area contributed by atoms with Gasteiger partial charge in [0.15, 0.2) is 0 Å². The van der Waals surface area contributed by atoms with E-state index in [1.807, 2.05) is 18.2 Å². The lowest BCUT2D eigenvalue weighted by Crippen LogP contribution is -2.34. The predicted molar refractivity (Wildman–Crippen MR) is 120 cm³/mol. The average molecular weight is 407 g/mol. The Balaban J connectivity index is 1.44. The number of aromatic nitrogens is 2. The van der Waals surface area contributed by atoms with Gasteiger partial charge in [0.25, 0.3) is 5.91 Å². The highest BCUT2D eigenvalue weighted by Crippen LogP contribution is 2.22. The first-order chi connectivity index (χ1) is 14.5. The second-order valence-corrected chi connectivity index (χ2v) is 8.25. The fourth-order valence-corrected chi connectivity index (χ4v) is 4.04. The standard InChI is InChI=1S/C24H30N4O2/c1-17-10-13-28(14-11-17)15-12-23-26-21-16-19(6-9-22(21)27(23)2)25-24(29)18-4-7-20(30-3)8-5-18/h4-9,16-17H,10-15H2,1-3H3,(H,25,29). The zero-order valence-electron chi connectivity index (χ0n) is 18.0. The molecule has 1 saturated heterocycles. The van der Waals surface area contributed by atoms with Crippen molar-refractivity contribution in [3.63, 3.8) is 0 Å². The minimum atomic E-state index is -0.146. The van der Waals surface area contributed by atoms with Crippen LogP contribution in [0.25, 0.3) is 11.0 Å². The number of fused-ring (bicyclic) bond motifs is 1. The quantitative estimate of drug-likeness (QED) is 0.669. The van der Waals surface area contributed by atoms with Crippen molar-refractivity contribution in [1.29, 1.82) is 0 Å². The topological polar surface area (TPSA) is 59.4 Å². The highest BCUT2D eigenvalue weighted by atomic mass is 16.5. The van der Waals surface area contributed by atoms with Crippen molar-refractivity contribution in [2.24, 2.45) is 13.0 Å². The third-order valence-electron chi connectivity index (χ3n) is 6.11. The van der Waals surface area contributed by atoms with Gasteiger partial charge in [0, 0.05) is 31.3 Å². The fourth-order valence-electron chi connectivity index (χ4n) is 4.04. The number of aryl methyl sites for hydroxylation is 1. The van der Waals surface area contributed by atoms with Gasteiger partial charge in [-0.05, 0) is 74.3 Å². The van der Waals surface area contributed by atoms with E-state index in [-0.39, 0.29) is 5.91 Å². The number of nitrogens with one attached hydrogen (secondary N) is 1. The number of piperidine rings is 1. The van der Waals surface area contributed by atoms with Crippen LogP contribution in [0, 0.1) is 5.92 Å². The summed E-state index contributed by atoms with van der Waals surface area (Å²) < 4.78 is 7.31. The molecular weight excluding hydrogens is 376 g/mol. The lowest BCUT2D eigenvalue weighted by Gasteiger charge is -2.29. The Labute approximate surface area is 177 Å². The number of hydrogen-bond donors (Lipinski definition) is 1. The largest absolute Gasteiger partial charge is 0.497 e. The van der Waals surface area contributed by atoms with Gasteiger partial charge in [-0.15, -0.1) is 0 Å². The van der Waals surface area contributed by atoms with E-state index < -0.39 is 0 Å². The number of imidazole rings is 1. The average Bonchev–Trinajstić information content (AvgIpc) is 3.08. The Hall–Kier alpha value is -2.86. The van der Waals surface area contributed by atoms with Crippen LogP contribution in [-0.2, 0) is 13.5 Å². The Morgan fingerprint density at radius 2 is 1.90 bits per heavy atom. The van der Waals surface area contributed by atoms with Crippen LogP contribution < -0.4 is 10.1 Å². The number of methoxy groups -OCH3 is 1. The summed E-state index contributed by atoms with van der Waals surface area (Å²) in [5.41, 5.74) is 3.33. The summed E-state index contributed by atoms with van der Waals surface area (Å²) >= 11 is 0. The minimum absolute atomic E-state index is 0.146. The molecule has 6 heteroatoms. The number of nitrogens with zero attached hydrogens (tertiary/aromatic N) is 3. The lowest BCUT2D eigenvalue weighted by atomic mass is 9.99. The molecule has 0 spiro atoms. The normalized spacial score (nSPS) is 15.4. The summed E-state index contributed by atoms with van der Waals surface area (Å²) in [4.78, 5) is 19.9. The number of hydrogen-bond acceptors (Lipinski definition) is 4. The molecule has 1 amide bonds. The molecule has 0 aliphatic carbocycles. The molecule has 0 bridgehead atoms. The maximum atomic E-state index is 12.5. The van der Waals surface area contributed by atoms with Crippen LogP contribution >= 0.6 is 0 Å². The molecule has 0 radical (unpaired) electrons. The third-order valence-corrected chi connectivity index (χ3v) is 6.11. The van der Waals surface area contributed by atoms with Gasteiger partial charge in [0.05, 0.1) is 18.1 Å². The van der Waals surface area contributed by atoms with Gasteiger partial charge in [-0.1, -0.05) is 6.92 Å². The van der Waals surface area contributed by atoms with Crippen molar-refractivity contribution in [2.45, 2.75) is 26.2 Å². The van der Waals surface area contributed by atoms with Gasteiger partial charge in [-0.2, -0.15) is 0 Å². The van der Waals surface area contributed by atoms with Crippen LogP contribution in [0.2, 0.25) is 0 Å². The molecule has 0 atom stereocenters. The first-order valence-corrected chi connectivity index (χ1v) is 10.7. The molecule has 6 nitrogen and oxygen atoms in total. The Morgan fingerprint density at radius 1 is 1.17 bits per heavy atom. The number of anilines is 1. The van der Waals surface area contributed by atoms with Crippen molar-refractivity contribution >= 4 is 22.6 Å². The number of amides is 1. The summed E-state index contributed by atoms with van der Waals surface area (Å²) in [6.07, 6.45) is 3.52. The van der Waals surface area contributed by atoms with Crippen LogP contribution in [0.3, 0.4) is 0 Å². The van der Waals surface area contributed by atoms with Crippen LogP contribution in [0.4, 0.5) is 5.69 Å². The second-order valence-electron chi connectivity index (χ2n) is 8.25. The van der Waals surface area contributed by atoms with Crippen LogP contribution in [0.1, 0.15) is 35.9 Å². The first-order valence-electron chi connectivity index (χ1n) is 10.7. The van der Waals surface area contributed by atoms with E-state index in [0.717, 1.165) is 47.2 Å². The molecule has 1 aliphatic rings. The van der Waals surface area contributed by atoms with E-state index in [2.05, 4.69) is 28.8 Å². The maximum absolute atomic E-state index is 12.5. The Bertz CT molecular complexity index is 1020. The first kappa shape index (κ1) is 20.4. The minimum Gasteiger partial charge on any atom is -0.497 e. The number of ether oxygens (including phenoxy) is 1. The molecule has 3 aromatic rings. The van der Waals surface area contributed by atoms with Crippen LogP contribution in [0.15, 0.2) is 42.5 Å². The molecule has 4 rings (SSSR count). The monoisotopic (exact) mass is 406 g/mol. The molecule has 0 saturated carbocycles. The van der Waals surface area contributed by atoms with Crippen molar-refractivity contribution in [3.8, 4) is 5.75 Å². The van der Waals surface area contributed by atoms with E-state index in [0.29, 0.717) is 5.56 Å². The molecule has 1 fully saturated rings. The summed E-state index contributed by atoms with van der Waals surface area (Å²) in [5, 5.41) is 2.97. The number of carbonyl (C=O) groups excluding carboxylic acids is 1. The highest BCUT2D eigenvalue weighted by Gasteiger charge is 2.17. The van der Waals surface area contributed by atoms with Crippen LogP contribution in [-0.4, -0.2) is 47.1 Å². The second kappa shape index (κ2) is 8.88. The van der Waals surface area contributed by atoms with Gasteiger partial charge >= 0.3 is 0 Å². The number of likely N-dealkylation sites (tertiary alicyclic amines) is 1. The van der Waals surface area contributed by atoms with E-state index in [1.165, 1.54) is 25.9 Å². The summed E-state index contributed by atoms with van der Waals surface area (Å²) in [5.74, 6) is 2.52. The van der Waals surface area contributed by atoms with E-state index in [1.54, 1.807) is 31.4 Å². The van der Waals surface area contributed by atoms with E-state index in [9.17, 15) is 4.79 Å². The molecule has 158 valence electrons. The maximum Gasteiger partial charge on any atom is 0.255 e. The number of rotatable bonds is 6. The molecule has 1 aliphatic heterocycles. The fraction of sp³-hybridized carbons (Fsp3) is 0.417. The van der Waals surface area contributed by atoms with Crippen LogP contribution in [0.5, 0.6) is 5.75 Å². The molecule has 2 aromatic carbocycles. The molecule has 2 heterocycles. The molecule has 30 heavy (non-hydrogen) atoms. The van der Waals surface area contributed by atoms with Gasteiger partial charge in [0.1, 0.15) is 11.6 Å². The predicted octanol–water partition coefficient (Wildman–Crippen LogP) is 4.11. The van der Waals surface area contributed by atoms with Crippen molar-refractivity contribution in [1.82, 2.24) is 14.5 Å². The zero-order valence-corrected chi connectivity index (χ0v) is 18.0. The molecule has 1 N–H and O–H groups in total. The van der Waals surface area contributed by atoms with Crippen molar-refractivity contribution in [3.05, 3.63) is 53.9 Å². The SMILES string of the molecule is COc1ccc(C(=O)Nc2ccc3c(c2)nc(CCN2CCC(C)CC2)n3C)cc1. The Morgan fingerprint density at radius 3 is 2.60 bits per heavy atom. The Kier molecular flexibility index (Phi) is 6.04. The van der Waals surface area contributed by atoms with E-state index in [4.69, 9.17) is 9.72 Å². The highest BCUT2D eigenvalue weighted by molar-refractivity contribution is 6.05. The van der Waals surface area contributed by atoms with Gasteiger partial charge < -0.3 is 19.5 Å². The lowest BCUT2D eigenvalue weighted by molar-refractivity contribution is 0.102. The summed E-state index contributed by atoms with van der Waals surface area (Å²) in [7, 11) is 3.68. The van der Waals surface area contributed by atoms with Gasteiger partial charge in [-0.3, -0.25) is 4.79 Å². The van der Waals surface area contributed by atoms with Gasteiger partial charge in [-0.25, -0.2) is 4.98 Å². The number of benzene rings is 2. The van der Waals surface area contributed by atoms with Crippen molar-refractivity contribution < 1.29 is 9.53 Å². The van der Waals surface area contributed by atoms with E-state index >= 15 is 0 Å². The molecular formula is C24H30N4O2. The van der Waals surface area contributed by atoms with Gasteiger partial charge in [0.2, 0.25) is 0 Å². The summed E-state index contributed by atoms with van der Waals surface area (Å²) in [6, 6.07) is 13.0. The molecule has 0 unspecified atom stereocenters. The third kappa shape index (κ3) is 4.49. The summed E-state index contributed by atoms with van der Waals surface area (Å²) in [6.45, 7) is 5.76. The smallest absolute Gasteiger partial charge is 0.255 e. The number of carbonyl (C=O) groups is 1. The molecule has 1 aromatic heterocycles.